The van der Waals surface area contributed by atoms with E-state index in [1.54, 1.807) is 13.2 Å². The number of sulfonamides is 1. The summed E-state index contributed by atoms with van der Waals surface area (Å²) in [5.74, 6) is 1.15. The quantitative estimate of drug-likeness (QED) is 0.419. The molecule has 2 heterocycles. The van der Waals surface area contributed by atoms with E-state index in [2.05, 4.69) is 10.1 Å². The average Bonchev–Trinajstić information content (AvgIpc) is 3.30. The second-order valence-corrected chi connectivity index (χ2v) is 9.08. The summed E-state index contributed by atoms with van der Waals surface area (Å²) in [7, 11) is -2.32. The minimum Gasteiger partial charge on any atom is -0.497 e. The zero-order valence-corrected chi connectivity index (χ0v) is 17.5. The van der Waals surface area contributed by atoms with Gasteiger partial charge in [0.15, 0.2) is 0 Å². The van der Waals surface area contributed by atoms with Gasteiger partial charge in [0.1, 0.15) is 5.75 Å². The molecule has 0 aliphatic carbocycles. The Labute approximate surface area is 178 Å². The van der Waals surface area contributed by atoms with E-state index in [-0.39, 0.29) is 23.0 Å². The Balaban J connectivity index is 1.56. The summed E-state index contributed by atoms with van der Waals surface area (Å²) in [5, 5.41) is 15.0. The maximum absolute atomic E-state index is 13.1. The Hall–Kier alpha value is -3.31. The molecular formula is C20H20N4O6S. The van der Waals surface area contributed by atoms with Crippen LogP contribution in [0.5, 0.6) is 5.75 Å². The van der Waals surface area contributed by atoms with Crippen molar-refractivity contribution in [3.05, 3.63) is 64.5 Å². The summed E-state index contributed by atoms with van der Waals surface area (Å²) in [4.78, 5) is 14.8. The van der Waals surface area contributed by atoms with Crippen molar-refractivity contribution in [3.8, 4) is 17.1 Å². The van der Waals surface area contributed by atoms with E-state index in [4.69, 9.17) is 9.26 Å². The lowest BCUT2D eigenvalue weighted by Gasteiger charge is -2.30. The molecule has 3 aromatic rings. The highest BCUT2D eigenvalue weighted by Gasteiger charge is 2.34. The van der Waals surface area contributed by atoms with E-state index in [1.807, 2.05) is 18.2 Å². The molecule has 0 spiro atoms. The van der Waals surface area contributed by atoms with Gasteiger partial charge in [-0.25, -0.2) is 8.42 Å². The molecule has 1 aliphatic rings. The lowest BCUT2D eigenvalue weighted by Crippen LogP contribution is -2.39. The molecular weight excluding hydrogens is 424 g/mol. The molecule has 11 heteroatoms. The summed E-state index contributed by atoms with van der Waals surface area (Å²) >= 11 is 0. The molecule has 0 unspecified atom stereocenters. The van der Waals surface area contributed by atoms with Crippen molar-refractivity contribution in [2.24, 2.45) is 0 Å². The van der Waals surface area contributed by atoms with Crippen molar-refractivity contribution in [2.45, 2.75) is 23.7 Å². The van der Waals surface area contributed by atoms with E-state index >= 15 is 0 Å². The number of nitrogens with zero attached hydrogens (tertiary/aromatic N) is 4. The van der Waals surface area contributed by atoms with Gasteiger partial charge in [0.25, 0.3) is 5.69 Å². The van der Waals surface area contributed by atoms with Crippen LogP contribution in [0.4, 0.5) is 5.69 Å². The third-order valence-electron chi connectivity index (χ3n) is 5.17. The molecule has 1 fully saturated rings. The van der Waals surface area contributed by atoms with Crippen LogP contribution in [0.25, 0.3) is 11.4 Å². The normalized spacial score (nSPS) is 17.4. The van der Waals surface area contributed by atoms with Crippen molar-refractivity contribution in [1.29, 1.82) is 0 Å². The van der Waals surface area contributed by atoms with Crippen LogP contribution in [0.2, 0.25) is 0 Å². The Bertz CT molecular complexity index is 1210. The minimum absolute atomic E-state index is 0.107. The molecule has 31 heavy (non-hydrogen) atoms. The third kappa shape index (κ3) is 4.28. The van der Waals surface area contributed by atoms with Gasteiger partial charge < -0.3 is 9.26 Å². The minimum atomic E-state index is -3.89. The number of nitro groups is 1. The number of piperidine rings is 1. The van der Waals surface area contributed by atoms with E-state index in [9.17, 15) is 18.5 Å². The van der Waals surface area contributed by atoms with Gasteiger partial charge in [-0.2, -0.15) is 9.29 Å². The summed E-state index contributed by atoms with van der Waals surface area (Å²) in [6.07, 6.45) is 1.30. The van der Waals surface area contributed by atoms with Crippen LogP contribution in [0.1, 0.15) is 24.7 Å². The van der Waals surface area contributed by atoms with Crippen LogP contribution in [0.3, 0.4) is 0 Å². The van der Waals surface area contributed by atoms with E-state index in [1.165, 1.54) is 22.5 Å². The van der Waals surface area contributed by atoms with Crippen molar-refractivity contribution in [3.63, 3.8) is 0 Å². The monoisotopic (exact) mass is 444 g/mol. The van der Waals surface area contributed by atoms with Gasteiger partial charge in [-0.15, -0.1) is 0 Å². The highest BCUT2D eigenvalue weighted by molar-refractivity contribution is 7.89. The number of methoxy groups -OCH3 is 1. The fraction of sp³-hybridized carbons (Fsp3) is 0.300. The van der Waals surface area contributed by atoms with Gasteiger partial charge in [0, 0.05) is 30.8 Å². The maximum Gasteiger partial charge on any atom is 0.270 e. The Morgan fingerprint density at radius 1 is 1.23 bits per heavy atom. The highest BCUT2D eigenvalue weighted by Crippen LogP contribution is 2.31. The smallest absolute Gasteiger partial charge is 0.270 e. The molecule has 0 amide bonds. The summed E-state index contributed by atoms with van der Waals surface area (Å²) < 4.78 is 38.1. The molecule has 0 N–H and O–H groups in total. The van der Waals surface area contributed by atoms with Gasteiger partial charge in [0.05, 0.1) is 22.8 Å². The van der Waals surface area contributed by atoms with E-state index < -0.39 is 14.9 Å². The number of non-ortho nitro benzene ring substituents is 1. The summed E-state index contributed by atoms with van der Waals surface area (Å²) in [6.45, 7) is 0.475. The average molecular weight is 444 g/mol. The number of benzene rings is 2. The second-order valence-electron chi connectivity index (χ2n) is 7.14. The fourth-order valence-electron chi connectivity index (χ4n) is 3.55. The van der Waals surface area contributed by atoms with Gasteiger partial charge in [0.2, 0.25) is 21.7 Å². The van der Waals surface area contributed by atoms with Crippen molar-refractivity contribution >= 4 is 15.7 Å². The van der Waals surface area contributed by atoms with Gasteiger partial charge in [-0.3, -0.25) is 10.1 Å². The lowest BCUT2D eigenvalue weighted by molar-refractivity contribution is -0.385. The van der Waals surface area contributed by atoms with Crippen LogP contribution in [-0.2, 0) is 10.0 Å². The number of hydrogen-bond acceptors (Lipinski definition) is 8. The van der Waals surface area contributed by atoms with Crippen LogP contribution in [0, 0.1) is 10.1 Å². The van der Waals surface area contributed by atoms with Crippen molar-refractivity contribution < 1.29 is 22.6 Å². The zero-order valence-electron chi connectivity index (χ0n) is 16.7. The Kier molecular flexibility index (Phi) is 5.70. The summed E-state index contributed by atoms with van der Waals surface area (Å²) in [6, 6.07) is 12.3. The largest absolute Gasteiger partial charge is 0.497 e. The summed E-state index contributed by atoms with van der Waals surface area (Å²) in [5.41, 5.74) is 0.459. The maximum atomic E-state index is 13.1. The zero-order chi connectivity index (χ0) is 22.0. The topological polar surface area (TPSA) is 129 Å². The second kappa shape index (κ2) is 8.44. The molecule has 1 atom stereocenters. The molecule has 10 nitrogen and oxygen atoms in total. The standard InChI is InChI=1S/C20H20N4O6S/c1-29-17-8-2-5-14(11-17)19-21-20(30-22-19)15-6-4-10-23(13-15)31(27,28)18-9-3-7-16(12-18)24(25)26/h2-3,5,7-9,11-12,15H,4,6,10,13H2,1H3/t15-/m1/s1. The van der Waals surface area contributed by atoms with Crippen LogP contribution >= 0.6 is 0 Å². The van der Waals surface area contributed by atoms with Crippen LogP contribution in [0.15, 0.2) is 57.9 Å². The van der Waals surface area contributed by atoms with Gasteiger partial charge in [-0.1, -0.05) is 23.4 Å². The van der Waals surface area contributed by atoms with Crippen molar-refractivity contribution in [2.75, 3.05) is 20.2 Å². The van der Waals surface area contributed by atoms with Gasteiger partial charge >= 0.3 is 0 Å². The third-order valence-corrected chi connectivity index (χ3v) is 7.03. The number of ether oxygens (including phenoxy) is 1. The molecule has 0 saturated carbocycles. The van der Waals surface area contributed by atoms with Gasteiger partial charge in [-0.05, 0) is 31.0 Å². The fourth-order valence-corrected chi connectivity index (χ4v) is 5.11. The molecule has 1 aliphatic heterocycles. The number of rotatable bonds is 6. The highest BCUT2D eigenvalue weighted by atomic mass is 32.2. The van der Waals surface area contributed by atoms with Crippen LogP contribution in [-0.4, -0.2) is 48.0 Å². The number of aromatic nitrogens is 2. The predicted molar refractivity (Wildman–Crippen MR) is 110 cm³/mol. The van der Waals surface area contributed by atoms with E-state index in [0.29, 0.717) is 36.9 Å². The SMILES string of the molecule is COc1cccc(-c2noc([C@@H]3CCCN(S(=O)(=O)c4cccc([N+](=O)[O-])c4)C3)n2)c1. The molecule has 4 rings (SSSR count). The molecule has 1 saturated heterocycles. The molecule has 1 aromatic heterocycles. The van der Waals surface area contributed by atoms with E-state index in [0.717, 1.165) is 11.6 Å². The van der Waals surface area contributed by atoms with Crippen molar-refractivity contribution in [1.82, 2.24) is 14.4 Å². The van der Waals surface area contributed by atoms with Crippen LogP contribution < -0.4 is 4.74 Å². The first-order valence-corrected chi connectivity index (χ1v) is 11.0. The predicted octanol–water partition coefficient (Wildman–Crippen LogP) is 3.22. The first-order valence-electron chi connectivity index (χ1n) is 9.61. The lowest BCUT2D eigenvalue weighted by atomic mass is 10.00. The first kappa shape index (κ1) is 20.9. The molecule has 2 aromatic carbocycles. The molecule has 0 bridgehead atoms. The first-order chi connectivity index (χ1) is 14.9. The number of nitro benzene ring substituents is 1. The number of hydrogen-bond donors (Lipinski definition) is 0. The Morgan fingerprint density at radius 3 is 2.81 bits per heavy atom. The Morgan fingerprint density at radius 2 is 2.03 bits per heavy atom. The molecule has 162 valence electrons. The molecule has 0 radical (unpaired) electrons.